The molecule has 0 heterocycles. The maximum absolute atomic E-state index is 10.3. The van der Waals surface area contributed by atoms with Crippen molar-refractivity contribution in [1.82, 2.24) is 0 Å². The molecule has 0 rings (SSSR count). The maximum atomic E-state index is 10.3. The van der Waals surface area contributed by atoms with E-state index in [1.165, 1.54) is 6.26 Å². The third-order valence-electron chi connectivity index (χ3n) is 1.24. The average molecular weight is 240 g/mol. The Hall–Kier alpha value is -1.81. The zero-order chi connectivity index (χ0) is 13.5. The van der Waals surface area contributed by atoms with Gasteiger partial charge in [0.25, 0.3) is 0 Å². The zero-order valence-electron chi connectivity index (χ0n) is 10.3. The molecular weight excluding hydrogens is 220 g/mol. The van der Waals surface area contributed by atoms with Crippen LogP contribution in [0, 0.1) is 0 Å². The number of rotatable bonds is 8. The van der Waals surface area contributed by atoms with Gasteiger partial charge in [-0.1, -0.05) is 25.8 Å². The van der Waals surface area contributed by atoms with Crippen LogP contribution in [0.5, 0.6) is 0 Å². The van der Waals surface area contributed by atoms with Crippen LogP contribution in [0.25, 0.3) is 0 Å². The van der Waals surface area contributed by atoms with Crippen LogP contribution in [0.3, 0.4) is 0 Å². The van der Waals surface area contributed by atoms with E-state index < -0.39 is 5.97 Å². The molecule has 0 aromatic rings. The van der Waals surface area contributed by atoms with E-state index in [0.717, 1.165) is 6.26 Å². The maximum Gasteiger partial charge on any atom is 0.337 e. The largest absolute Gasteiger partial charge is 0.499 e. The Kier molecular flexibility index (Phi) is 14.7. The minimum atomic E-state index is -0.431. The van der Waals surface area contributed by atoms with Gasteiger partial charge in [0, 0.05) is 5.57 Å². The van der Waals surface area contributed by atoms with Crippen LogP contribution in [-0.2, 0) is 19.0 Å². The van der Waals surface area contributed by atoms with E-state index in [1.54, 1.807) is 13.0 Å². The number of carbonyl (C=O) groups is 1. The number of carbonyl (C=O) groups excluding carboxylic acids is 1. The highest BCUT2D eigenvalue weighted by molar-refractivity contribution is 5.87. The summed E-state index contributed by atoms with van der Waals surface area (Å²) >= 11 is 0. The van der Waals surface area contributed by atoms with Gasteiger partial charge in [-0.05, 0) is 6.92 Å². The molecule has 4 nitrogen and oxygen atoms in total. The molecule has 0 spiro atoms. The molecule has 0 saturated heterocycles. The highest BCUT2D eigenvalue weighted by Gasteiger charge is 1.97. The molecule has 4 heteroatoms. The van der Waals surface area contributed by atoms with Crippen molar-refractivity contribution < 1.29 is 19.0 Å². The normalized spacial score (nSPS) is 8.06. The molecule has 0 N–H and O–H groups in total. The zero-order valence-corrected chi connectivity index (χ0v) is 10.3. The molecule has 0 saturated carbocycles. The molecule has 0 bridgehead atoms. The van der Waals surface area contributed by atoms with Crippen LogP contribution in [0.15, 0.2) is 50.5 Å². The fourth-order valence-electron chi connectivity index (χ4n) is 0.533. The van der Waals surface area contributed by atoms with Gasteiger partial charge in [-0.3, -0.25) is 0 Å². The van der Waals surface area contributed by atoms with Crippen molar-refractivity contribution in [2.75, 3.05) is 19.8 Å². The van der Waals surface area contributed by atoms with Gasteiger partial charge in [-0.25, -0.2) is 4.79 Å². The number of esters is 1. The van der Waals surface area contributed by atoms with E-state index in [1.807, 2.05) is 0 Å². The van der Waals surface area contributed by atoms with Gasteiger partial charge in [-0.15, -0.1) is 6.58 Å². The smallest absolute Gasteiger partial charge is 0.337 e. The molecule has 0 fully saturated rings. The Labute approximate surface area is 103 Å². The minimum Gasteiger partial charge on any atom is -0.499 e. The van der Waals surface area contributed by atoms with E-state index in [9.17, 15) is 4.79 Å². The van der Waals surface area contributed by atoms with Crippen LogP contribution >= 0.6 is 0 Å². The molecule has 96 valence electrons. The minimum absolute atomic E-state index is 0.380. The third-order valence-corrected chi connectivity index (χ3v) is 1.24. The Morgan fingerprint density at radius 1 is 1.18 bits per heavy atom. The fourth-order valence-corrected chi connectivity index (χ4v) is 0.533. The first-order valence-electron chi connectivity index (χ1n) is 4.98. The summed E-state index contributed by atoms with van der Waals surface area (Å²) in [5.74, 6) is -0.431. The first-order chi connectivity index (χ1) is 8.09. The lowest BCUT2D eigenvalue weighted by Gasteiger charge is -1.98. The lowest BCUT2D eigenvalue weighted by molar-refractivity contribution is -0.133. The predicted molar refractivity (Wildman–Crippen MR) is 68.3 cm³/mol. The van der Waals surface area contributed by atoms with Crippen LogP contribution in [0.2, 0.25) is 0 Å². The number of hydrogen-bond acceptors (Lipinski definition) is 4. The molecule has 0 radical (unpaired) electrons. The summed E-state index contributed by atoms with van der Waals surface area (Å²) in [5.41, 5.74) is 0.380. The van der Waals surface area contributed by atoms with Gasteiger partial charge in [0.05, 0.1) is 25.7 Å². The Bertz CT molecular complexity index is 246. The molecule has 0 aliphatic heterocycles. The summed E-state index contributed by atoms with van der Waals surface area (Å²) in [6, 6.07) is 0. The number of ether oxygens (including phenoxy) is 3. The molecule has 0 aromatic heterocycles. The Morgan fingerprint density at radius 3 is 2.18 bits per heavy atom. The summed E-state index contributed by atoms with van der Waals surface area (Å²) in [5, 5.41) is 0. The van der Waals surface area contributed by atoms with E-state index in [0.29, 0.717) is 25.4 Å². The second kappa shape index (κ2) is 14.2. The quantitative estimate of drug-likeness (QED) is 0.215. The average Bonchev–Trinajstić information content (AvgIpc) is 2.30. The molecule has 0 aliphatic carbocycles. The monoisotopic (exact) mass is 240 g/mol. The van der Waals surface area contributed by atoms with Crippen molar-refractivity contribution in [3.63, 3.8) is 0 Å². The molecule has 0 unspecified atom stereocenters. The standard InChI is InChI=1S/C7H12O2.C6H8O2/c1-3-5-9-7-6-8-4-2;1-4-8-6(7)5(2)3/h3-4H,1-2,5-7H2;4H,1-2H2,3H3. The third kappa shape index (κ3) is 16.8. The van der Waals surface area contributed by atoms with E-state index >= 15 is 0 Å². The molecule has 17 heavy (non-hydrogen) atoms. The van der Waals surface area contributed by atoms with E-state index in [2.05, 4.69) is 31.1 Å². The molecule has 0 atom stereocenters. The van der Waals surface area contributed by atoms with Crippen LogP contribution in [-0.4, -0.2) is 25.8 Å². The van der Waals surface area contributed by atoms with Crippen LogP contribution < -0.4 is 0 Å². The summed E-state index contributed by atoms with van der Waals surface area (Å²) in [4.78, 5) is 10.3. The van der Waals surface area contributed by atoms with Gasteiger partial charge in [0.2, 0.25) is 0 Å². The van der Waals surface area contributed by atoms with E-state index in [-0.39, 0.29) is 0 Å². The summed E-state index contributed by atoms with van der Waals surface area (Å²) in [6.07, 6.45) is 4.18. The van der Waals surface area contributed by atoms with Crippen molar-refractivity contribution in [3.05, 3.63) is 50.5 Å². The van der Waals surface area contributed by atoms with Crippen molar-refractivity contribution in [2.24, 2.45) is 0 Å². The van der Waals surface area contributed by atoms with Gasteiger partial charge < -0.3 is 14.2 Å². The lowest BCUT2D eigenvalue weighted by atomic mass is 10.4. The number of hydrogen-bond donors (Lipinski definition) is 0. The van der Waals surface area contributed by atoms with Gasteiger partial charge in [-0.2, -0.15) is 0 Å². The molecule has 0 aliphatic rings. The SMILES string of the molecule is C=CCOCCOC=C.C=COC(=O)C(=C)C. The van der Waals surface area contributed by atoms with Crippen molar-refractivity contribution in [2.45, 2.75) is 6.92 Å². The van der Waals surface area contributed by atoms with Gasteiger partial charge >= 0.3 is 5.97 Å². The Morgan fingerprint density at radius 2 is 1.82 bits per heavy atom. The molecule has 0 aromatic carbocycles. The van der Waals surface area contributed by atoms with Crippen molar-refractivity contribution in [1.29, 1.82) is 0 Å². The summed E-state index contributed by atoms with van der Waals surface area (Å²) in [6.45, 7) is 16.7. The van der Waals surface area contributed by atoms with Gasteiger partial charge in [0.1, 0.15) is 6.61 Å². The Balaban J connectivity index is 0. The van der Waals surface area contributed by atoms with Crippen LogP contribution in [0.4, 0.5) is 0 Å². The van der Waals surface area contributed by atoms with E-state index in [4.69, 9.17) is 9.47 Å². The second-order valence-corrected chi connectivity index (χ2v) is 2.75. The molecule has 0 amide bonds. The lowest BCUT2D eigenvalue weighted by Crippen LogP contribution is -2.00. The molecular formula is C13H20O4. The van der Waals surface area contributed by atoms with Crippen molar-refractivity contribution in [3.8, 4) is 0 Å². The first-order valence-corrected chi connectivity index (χ1v) is 4.98. The summed E-state index contributed by atoms with van der Waals surface area (Å²) < 4.78 is 14.1. The predicted octanol–water partition coefficient (Wildman–Crippen LogP) is 2.60. The van der Waals surface area contributed by atoms with Crippen molar-refractivity contribution >= 4 is 5.97 Å². The topological polar surface area (TPSA) is 44.8 Å². The first kappa shape index (κ1) is 17.6. The highest BCUT2D eigenvalue weighted by atomic mass is 16.5. The fraction of sp³-hybridized carbons (Fsp3) is 0.308. The highest BCUT2D eigenvalue weighted by Crippen LogP contribution is 1.90. The van der Waals surface area contributed by atoms with Crippen LogP contribution in [0.1, 0.15) is 6.92 Å². The second-order valence-electron chi connectivity index (χ2n) is 2.75. The van der Waals surface area contributed by atoms with Gasteiger partial charge in [0.15, 0.2) is 0 Å². The summed E-state index contributed by atoms with van der Waals surface area (Å²) in [7, 11) is 0.